The van der Waals surface area contributed by atoms with E-state index in [1.54, 1.807) is 11.8 Å². The Morgan fingerprint density at radius 3 is 2.00 bits per heavy atom. The van der Waals surface area contributed by atoms with Crippen LogP contribution in [0.5, 0.6) is 0 Å². The van der Waals surface area contributed by atoms with Crippen molar-refractivity contribution >= 4 is 34.2 Å². The highest BCUT2D eigenvalue weighted by atomic mass is 32.2. The molecule has 142 valence electrons. The number of amides is 1. The lowest BCUT2D eigenvalue weighted by molar-refractivity contribution is -0.135. The van der Waals surface area contributed by atoms with Gasteiger partial charge in [-0.25, -0.2) is 0 Å². The minimum atomic E-state index is 0.319. The molecule has 1 aliphatic heterocycles. The number of ether oxygens (including phenoxy) is 1. The first-order valence-electron chi connectivity index (χ1n) is 10.1. The van der Waals surface area contributed by atoms with E-state index in [0.717, 1.165) is 30.6 Å². The van der Waals surface area contributed by atoms with Crippen LogP contribution in [0.15, 0.2) is 0 Å². The van der Waals surface area contributed by atoms with Crippen molar-refractivity contribution in [2.45, 2.75) is 76.3 Å². The largest absolute Gasteiger partial charge is 0.378 e. The van der Waals surface area contributed by atoms with E-state index in [4.69, 9.17) is 17.0 Å². The fourth-order valence-electron chi connectivity index (χ4n) is 4.46. The zero-order valence-electron chi connectivity index (χ0n) is 15.3. The Hall–Kier alpha value is -0.330. The maximum Gasteiger partial charge on any atom is 0.233 e. The first kappa shape index (κ1) is 19.4. The Labute approximate surface area is 162 Å². The summed E-state index contributed by atoms with van der Waals surface area (Å²) in [5.74, 6) is 0.822. The summed E-state index contributed by atoms with van der Waals surface area (Å²) < 4.78 is 6.25. The summed E-state index contributed by atoms with van der Waals surface area (Å²) in [5.41, 5.74) is 0. The molecule has 3 aliphatic rings. The maximum atomic E-state index is 13.1. The van der Waals surface area contributed by atoms with Gasteiger partial charge in [0, 0.05) is 25.2 Å². The third-order valence-corrected chi connectivity index (χ3v) is 7.32. The number of hydrogen-bond donors (Lipinski definition) is 0. The van der Waals surface area contributed by atoms with Crippen molar-refractivity contribution in [3.63, 3.8) is 0 Å². The molecule has 0 bridgehead atoms. The normalized spacial score (nSPS) is 23.4. The molecule has 1 saturated heterocycles. The molecule has 4 nitrogen and oxygen atoms in total. The highest BCUT2D eigenvalue weighted by Crippen LogP contribution is 2.31. The van der Waals surface area contributed by atoms with Crippen molar-refractivity contribution < 1.29 is 9.53 Å². The minimum absolute atomic E-state index is 0.319. The summed E-state index contributed by atoms with van der Waals surface area (Å²) in [7, 11) is 0. The van der Waals surface area contributed by atoms with E-state index in [9.17, 15) is 4.79 Å². The summed E-state index contributed by atoms with van der Waals surface area (Å²) in [6.45, 7) is 3.19. The van der Waals surface area contributed by atoms with Crippen LogP contribution in [0.4, 0.5) is 0 Å². The second kappa shape index (κ2) is 10.1. The lowest BCUT2D eigenvalue weighted by Gasteiger charge is -2.42. The monoisotopic (exact) mass is 384 g/mol. The number of carbonyl (C=O) groups is 1. The summed E-state index contributed by atoms with van der Waals surface area (Å²) in [6, 6.07) is 0.948. The lowest BCUT2D eigenvalue weighted by Crippen LogP contribution is -2.49. The van der Waals surface area contributed by atoms with Crippen molar-refractivity contribution in [2.75, 3.05) is 32.1 Å². The van der Waals surface area contributed by atoms with Gasteiger partial charge in [-0.2, -0.15) is 0 Å². The van der Waals surface area contributed by atoms with Crippen molar-refractivity contribution in [1.29, 1.82) is 0 Å². The van der Waals surface area contributed by atoms with Crippen LogP contribution in [-0.2, 0) is 9.53 Å². The highest BCUT2D eigenvalue weighted by Gasteiger charge is 2.32. The molecular weight excluding hydrogens is 352 g/mol. The van der Waals surface area contributed by atoms with Gasteiger partial charge in [-0.15, -0.1) is 0 Å². The molecule has 3 fully saturated rings. The lowest BCUT2D eigenvalue weighted by atomic mass is 9.88. The Morgan fingerprint density at radius 1 is 0.960 bits per heavy atom. The minimum Gasteiger partial charge on any atom is -0.378 e. The van der Waals surface area contributed by atoms with Crippen molar-refractivity contribution in [2.24, 2.45) is 0 Å². The van der Waals surface area contributed by atoms with Gasteiger partial charge >= 0.3 is 0 Å². The first-order valence-corrected chi connectivity index (χ1v) is 11.5. The number of thioether (sulfide) groups is 1. The Kier molecular flexibility index (Phi) is 7.87. The van der Waals surface area contributed by atoms with Gasteiger partial charge in [0.1, 0.15) is 4.32 Å². The zero-order valence-corrected chi connectivity index (χ0v) is 16.9. The predicted octanol–water partition coefficient (Wildman–Crippen LogP) is 3.83. The van der Waals surface area contributed by atoms with Gasteiger partial charge in [0.25, 0.3) is 0 Å². The zero-order chi connectivity index (χ0) is 17.5. The third-order valence-electron chi connectivity index (χ3n) is 5.81. The number of carbonyl (C=O) groups excluding carboxylic acids is 1. The number of hydrogen-bond acceptors (Lipinski definition) is 4. The number of nitrogens with zero attached hydrogens (tertiary/aromatic N) is 2. The second-order valence-electron chi connectivity index (χ2n) is 7.54. The Bertz CT molecular complexity index is 425. The molecule has 0 unspecified atom stereocenters. The van der Waals surface area contributed by atoms with E-state index in [1.165, 1.54) is 64.2 Å². The second-order valence-corrected chi connectivity index (χ2v) is 9.15. The van der Waals surface area contributed by atoms with Gasteiger partial charge < -0.3 is 14.5 Å². The molecule has 6 heteroatoms. The molecular formula is C19H32N2O2S2. The quantitative estimate of drug-likeness (QED) is 0.688. The molecule has 2 saturated carbocycles. The molecule has 0 aromatic heterocycles. The molecule has 2 aliphatic carbocycles. The van der Waals surface area contributed by atoms with Crippen LogP contribution >= 0.6 is 24.0 Å². The third kappa shape index (κ3) is 5.57. The topological polar surface area (TPSA) is 32.8 Å². The fourth-order valence-corrected chi connectivity index (χ4v) is 5.58. The fraction of sp³-hybridized carbons (Fsp3) is 0.895. The summed E-state index contributed by atoms with van der Waals surface area (Å²) >= 11 is 7.11. The molecule has 3 rings (SSSR count). The maximum absolute atomic E-state index is 13.1. The van der Waals surface area contributed by atoms with E-state index in [1.807, 2.05) is 0 Å². The molecule has 0 atom stereocenters. The Morgan fingerprint density at radius 2 is 1.48 bits per heavy atom. The molecule has 0 spiro atoms. The molecule has 0 aromatic carbocycles. The van der Waals surface area contributed by atoms with Gasteiger partial charge in [0.15, 0.2) is 0 Å². The first-order chi connectivity index (χ1) is 12.3. The van der Waals surface area contributed by atoms with Crippen LogP contribution in [-0.4, -0.2) is 64.2 Å². The smallest absolute Gasteiger partial charge is 0.233 e. The van der Waals surface area contributed by atoms with Gasteiger partial charge in [0.2, 0.25) is 5.91 Å². The molecule has 0 radical (unpaired) electrons. The van der Waals surface area contributed by atoms with Crippen LogP contribution in [0.25, 0.3) is 0 Å². The van der Waals surface area contributed by atoms with Gasteiger partial charge in [-0.1, -0.05) is 62.5 Å². The summed E-state index contributed by atoms with van der Waals surface area (Å²) in [5, 5.41) is 0. The van der Waals surface area contributed by atoms with Gasteiger partial charge in [-0.05, 0) is 25.7 Å². The van der Waals surface area contributed by atoms with Crippen LogP contribution in [0.3, 0.4) is 0 Å². The molecule has 25 heavy (non-hydrogen) atoms. The standard InChI is InChI=1S/C19H32N2O2S2/c22-18(15-25-19(24)20-11-13-23-14-12-20)21(16-7-3-1-4-8-16)17-9-5-2-6-10-17/h16-17H,1-15H2. The van der Waals surface area contributed by atoms with Crippen LogP contribution < -0.4 is 0 Å². The van der Waals surface area contributed by atoms with Crippen molar-refractivity contribution in [3.05, 3.63) is 0 Å². The SMILES string of the molecule is O=C(CSC(=S)N1CCOCC1)N(C1CCCCC1)C1CCCCC1. The van der Waals surface area contributed by atoms with E-state index in [2.05, 4.69) is 9.80 Å². The average molecular weight is 385 g/mol. The van der Waals surface area contributed by atoms with Gasteiger partial charge in [-0.3, -0.25) is 4.79 Å². The van der Waals surface area contributed by atoms with Crippen LogP contribution in [0, 0.1) is 0 Å². The number of morpholine rings is 1. The Balaban J connectivity index is 1.56. The molecule has 0 N–H and O–H groups in total. The van der Waals surface area contributed by atoms with E-state index in [0.29, 0.717) is 23.7 Å². The number of thiocarbonyl (C=S) groups is 1. The summed E-state index contributed by atoms with van der Waals surface area (Å²) in [6.07, 6.45) is 12.6. The van der Waals surface area contributed by atoms with Crippen LogP contribution in [0.2, 0.25) is 0 Å². The highest BCUT2D eigenvalue weighted by molar-refractivity contribution is 8.23. The van der Waals surface area contributed by atoms with E-state index < -0.39 is 0 Å². The van der Waals surface area contributed by atoms with Gasteiger partial charge in [0.05, 0.1) is 19.0 Å². The number of rotatable bonds is 4. The van der Waals surface area contributed by atoms with Crippen molar-refractivity contribution in [3.8, 4) is 0 Å². The van der Waals surface area contributed by atoms with Crippen molar-refractivity contribution in [1.82, 2.24) is 9.80 Å². The van der Waals surface area contributed by atoms with E-state index >= 15 is 0 Å². The van der Waals surface area contributed by atoms with Crippen LogP contribution in [0.1, 0.15) is 64.2 Å². The summed E-state index contributed by atoms with van der Waals surface area (Å²) in [4.78, 5) is 17.6. The molecule has 1 amide bonds. The van der Waals surface area contributed by atoms with E-state index in [-0.39, 0.29) is 0 Å². The molecule has 1 heterocycles. The average Bonchev–Trinajstić information content (AvgIpc) is 2.69. The molecule has 0 aromatic rings. The predicted molar refractivity (Wildman–Crippen MR) is 108 cm³/mol.